The highest BCUT2D eigenvalue weighted by molar-refractivity contribution is 5.96. The maximum atomic E-state index is 13.7. The molecule has 1 unspecified atom stereocenters. The van der Waals surface area contributed by atoms with Gasteiger partial charge in [-0.1, -0.05) is 0 Å². The molecular weight excluding hydrogens is 238 g/mol. The molecule has 2 rings (SSSR count). The zero-order valence-electron chi connectivity index (χ0n) is 9.28. The molecule has 0 N–H and O–H groups in total. The molecule has 1 aliphatic rings. The lowest BCUT2D eigenvalue weighted by molar-refractivity contribution is -0.117. The summed E-state index contributed by atoms with van der Waals surface area (Å²) in [6.45, 7) is 0.164. The lowest BCUT2D eigenvalue weighted by atomic mass is 10.1. The first-order valence-corrected chi connectivity index (χ1v) is 5.22. The number of carbonyl (C=O) groups excluding carboxylic acids is 1. The van der Waals surface area contributed by atoms with Gasteiger partial charge in [0.25, 0.3) is 0 Å². The highest BCUT2D eigenvalue weighted by Gasteiger charge is 2.31. The third-order valence-electron chi connectivity index (χ3n) is 2.81. The smallest absolute Gasteiger partial charge is 0.228 e. The van der Waals surface area contributed by atoms with E-state index in [2.05, 4.69) is 5.92 Å². The number of benzene rings is 1. The van der Waals surface area contributed by atoms with E-state index < -0.39 is 17.2 Å². The first-order chi connectivity index (χ1) is 8.56. The van der Waals surface area contributed by atoms with E-state index in [1.807, 2.05) is 0 Å². The summed E-state index contributed by atoms with van der Waals surface area (Å²) in [6.07, 6.45) is 5.33. The summed E-state index contributed by atoms with van der Waals surface area (Å²) in [7, 11) is 0. The van der Waals surface area contributed by atoms with Gasteiger partial charge in [0.05, 0.1) is 11.3 Å². The van der Waals surface area contributed by atoms with Gasteiger partial charge in [-0.25, -0.2) is 8.78 Å². The fourth-order valence-corrected chi connectivity index (χ4v) is 1.88. The van der Waals surface area contributed by atoms with Crippen LogP contribution in [0, 0.1) is 41.2 Å². The Balaban J connectivity index is 2.42. The number of amides is 1. The van der Waals surface area contributed by atoms with E-state index in [1.165, 1.54) is 6.07 Å². The fourth-order valence-electron chi connectivity index (χ4n) is 1.88. The minimum Gasteiger partial charge on any atom is -0.308 e. The number of nitrogens with zero attached hydrogens (tertiary/aromatic N) is 2. The second-order valence-corrected chi connectivity index (χ2v) is 3.97. The molecule has 5 heteroatoms. The van der Waals surface area contributed by atoms with Gasteiger partial charge < -0.3 is 4.90 Å². The molecule has 1 aliphatic heterocycles. The van der Waals surface area contributed by atoms with Gasteiger partial charge in [0.2, 0.25) is 5.91 Å². The molecule has 3 nitrogen and oxygen atoms in total. The number of anilines is 1. The summed E-state index contributed by atoms with van der Waals surface area (Å²) < 4.78 is 27.1. The van der Waals surface area contributed by atoms with Crippen LogP contribution in [-0.2, 0) is 4.79 Å². The number of rotatable bonds is 1. The van der Waals surface area contributed by atoms with E-state index in [4.69, 9.17) is 11.7 Å². The molecule has 0 bridgehead atoms. The average molecular weight is 246 g/mol. The average Bonchev–Trinajstić information content (AvgIpc) is 2.73. The summed E-state index contributed by atoms with van der Waals surface area (Å²) in [6, 6.07) is 3.17. The van der Waals surface area contributed by atoms with Crippen molar-refractivity contribution in [2.45, 2.75) is 6.42 Å². The lowest BCUT2D eigenvalue weighted by Crippen LogP contribution is -2.25. The van der Waals surface area contributed by atoms with Crippen LogP contribution in [0.15, 0.2) is 12.1 Å². The zero-order valence-corrected chi connectivity index (χ0v) is 9.28. The van der Waals surface area contributed by atoms with Gasteiger partial charge in [-0.15, -0.1) is 12.3 Å². The number of hydrogen-bond acceptors (Lipinski definition) is 2. The van der Waals surface area contributed by atoms with Gasteiger partial charge >= 0.3 is 0 Å². The van der Waals surface area contributed by atoms with E-state index in [-0.39, 0.29) is 30.5 Å². The molecule has 0 aromatic heterocycles. The molecule has 1 aromatic rings. The van der Waals surface area contributed by atoms with Gasteiger partial charge in [0.1, 0.15) is 17.7 Å². The van der Waals surface area contributed by atoms with Crippen LogP contribution in [0.1, 0.15) is 12.0 Å². The van der Waals surface area contributed by atoms with Crippen molar-refractivity contribution in [2.24, 2.45) is 5.92 Å². The number of hydrogen-bond donors (Lipinski definition) is 0. The summed E-state index contributed by atoms with van der Waals surface area (Å²) in [4.78, 5) is 12.8. The monoisotopic (exact) mass is 246 g/mol. The Morgan fingerprint density at radius 2 is 2.11 bits per heavy atom. The molecule has 1 fully saturated rings. The van der Waals surface area contributed by atoms with Crippen molar-refractivity contribution < 1.29 is 13.6 Å². The number of halogens is 2. The summed E-state index contributed by atoms with van der Waals surface area (Å²) in [5, 5.41) is 8.57. The van der Waals surface area contributed by atoms with E-state index >= 15 is 0 Å². The van der Waals surface area contributed by atoms with Crippen LogP contribution >= 0.6 is 0 Å². The number of carbonyl (C=O) groups is 1. The summed E-state index contributed by atoms with van der Waals surface area (Å²) >= 11 is 0. The minimum absolute atomic E-state index is 0.123. The molecule has 1 saturated heterocycles. The van der Waals surface area contributed by atoms with E-state index in [0.717, 1.165) is 17.0 Å². The Bertz CT molecular complexity index is 598. The minimum atomic E-state index is -0.856. The van der Waals surface area contributed by atoms with Crippen molar-refractivity contribution in [1.82, 2.24) is 0 Å². The molecular formula is C13H8F2N2O. The van der Waals surface area contributed by atoms with Crippen molar-refractivity contribution >= 4 is 11.6 Å². The molecule has 1 heterocycles. The molecule has 0 radical (unpaired) electrons. The first-order valence-electron chi connectivity index (χ1n) is 5.22. The van der Waals surface area contributed by atoms with Crippen LogP contribution in [0.3, 0.4) is 0 Å². The molecule has 0 aliphatic carbocycles. The largest absolute Gasteiger partial charge is 0.308 e. The topological polar surface area (TPSA) is 44.1 Å². The van der Waals surface area contributed by atoms with Gasteiger partial charge in [-0.2, -0.15) is 5.26 Å². The Labute approximate surface area is 103 Å². The lowest BCUT2D eigenvalue weighted by Gasteiger charge is -2.17. The summed E-state index contributed by atoms with van der Waals surface area (Å²) in [5.41, 5.74) is -0.564. The Morgan fingerprint density at radius 3 is 2.67 bits per heavy atom. The molecule has 1 atom stereocenters. The standard InChI is InChI=1S/C13H8F2N2O/c1-2-8-3-13(18)17(7-8)12-5-10(14)9(6-16)4-11(12)15/h1,4-5,8H,3,7H2. The highest BCUT2D eigenvalue weighted by atomic mass is 19.1. The van der Waals surface area contributed by atoms with Crippen LogP contribution in [0.25, 0.3) is 0 Å². The number of nitriles is 1. The number of terminal acetylenes is 1. The van der Waals surface area contributed by atoms with Crippen molar-refractivity contribution in [3.05, 3.63) is 29.3 Å². The van der Waals surface area contributed by atoms with Gasteiger partial charge in [0.15, 0.2) is 0 Å². The second kappa shape index (κ2) is 4.46. The third-order valence-corrected chi connectivity index (χ3v) is 2.81. The van der Waals surface area contributed by atoms with E-state index in [1.54, 1.807) is 0 Å². The zero-order chi connectivity index (χ0) is 13.3. The third kappa shape index (κ3) is 1.91. The van der Waals surface area contributed by atoms with Crippen molar-refractivity contribution in [2.75, 3.05) is 11.4 Å². The first kappa shape index (κ1) is 12.1. The van der Waals surface area contributed by atoms with Gasteiger partial charge in [-0.05, 0) is 6.07 Å². The van der Waals surface area contributed by atoms with Crippen LogP contribution in [0.5, 0.6) is 0 Å². The maximum Gasteiger partial charge on any atom is 0.228 e. The molecule has 1 amide bonds. The predicted octanol–water partition coefficient (Wildman–Crippen LogP) is 1.82. The van der Waals surface area contributed by atoms with Gasteiger partial charge in [-0.3, -0.25) is 4.79 Å². The Hall–Kier alpha value is -2.40. The molecule has 90 valence electrons. The van der Waals surface area contributed by atoms with Crippen molar-refractivity contribution in [3.8, 4) is 18.4 Å². The molecule has 18 heavy (non-hydrogen) atoms. The Kier molecular flexibility index (Phi) is 2.99. The van der Waals surface area contributed by atoms with E-state index in [0.29, 0.717) is 0 Å². The Morgan fingerprint density at radius 1 is 1.39 bits per heavy atom. The molecule has 1 aromatic carbocycles. The summed E-state index contributed by atoms with van der Waals surface area (Å²) in [5.74, 6) is 0.115. The predicted molar refractivity (Wildman–Crippen MR) is 60.4 cm³/mol. The van der Waals surface area contributed by atoms with Crippen LogP contribution in [0.4, 0.5) is 14.5 Å². The van der Waals surface area contributed by atoms with Crippen LogP contribution < -0.4 is 4.90 Å². The normalized spacial score (nSPS) is 18.6. The maximum absolute atomic E-state index is 13.7. The van der Waals surface area contributed by atoms with Crippen molar-refractivity contribution in [3.63, 3.8) is 0 Å². The van der Waals surface area contributed by atoms with Crippen LogP contribution in [-0.4, -0.2) is 12.5 Å². The van der Waals surface area contributed by atoms with Crippen molar-refractivity contribution in [1.29, 1.82) is 5.26 Å². The SMILES string of the molecule is C#CC1CC(=O)N(c2cc(F)c(C#N)cc2F)C1. The molecule has 0 spiro atoms. The quantitative estimate of drug-likeness (QED) is 0.709. The van der Waals surface area contributed by atoms with Gasteiger partial charge in [0, 0.05) is 24.9 Å². The fraction of sp³-hybridized carbons (Fsp3) is 0.231. The second-order valence-electron chi connectivity index (χ2n) is 3.97. The van der Waals surface area contributed by atoms with Crippen LogP contribution in [0.2, 0.25) is 0 Å². The van der Waals surface area contributed by atoms with E-state index in [9.17, 15) is 13.6 Å². The molecule has 0 saturated carbocycles. The highest BCUT2D eigenvalue weighted by Crippen LogP contribution is 2.28.